The molecule has 4 aromatic heterocycles. The highest BCUT2D eigenvalue weighted by atomic mass is 32.1. The van der Waals surface area contributed by atoms with Gasteiger partial charge in [0.2, 0.25) is 11.4 Å². The monoisotopic (exact) mass is 1690 g/mol. The third-order valence-corrected chi connectivity index (χ3v) is 33.3. The van der Waals surface area contributed by atoms with Crippen molar-refractivity contribution in [3.8, 4) is 64.8 Å². The number of phenols is 4. The van der Waals surface area contributed by atoms with Gasteiger partial charge in [0.25, 0.3) is 0 Å². The summed E-state index contributed by atoms with van der Waals surface area (Å²) in [5.41, 5.74) is 14.7. The first kappa shape index (κ1) is 81.6. The Hall–Kier alpha value is -10.1. The largest absolute Gasteiger partial charge is 0.871 e. The number of rotatable bonds is 28. The van der Waals surface area contributed by atoms with E-state index in [0.717, 1.165) is 156 Å². The molecule has 0 spiro atoms. The topological polar surface area (TPSA) is 174 Å². The molecule has 0 radical (unpaired) electrons. The molecular formula is C106H110N4O8S4. The predicted molar refractivity (Wildman–Crippen MR) is 502 cm³/mol. The fourth-order valence-corrected chi connectivity index (χ4v) is 27.0. The minimum atomic E-state index is -0.659. The number of allylic oxidation sites excluding steroid dienone is 6. The molecule has 0 bridgehead atoms. The molecule has 12 nitrogen and oxygen atoms in total. The molecule has 6 unspecified atom stereocenters. The van der Waals surface area contributed by atoms with Gasteiger partial charge in [0, 0.05) is 202 Å². The molecule has 4 N–H and O–H groups in total. The van der Waals surface area contributed by atoms with Gasteiger partial charge in [-0.1, -0.05) is 167 Å². The average Bonchev–Trinajstić information content (AvgIpc) is 1.43. The molecule has 6 atom stereocenters. The summed E-state index contributed by atoms with van der Waals surface area (Å²) in [5, 5.41) is 79.3. The van der Waals surface area contributed by atoms with Crippen molar-refractivity contribution < 1.29 is 49.4 Å². The Balaban J connectivity index is 0.701. The minimum Gasteiger partial charge on any atom is -0.871 e. The lowest BCUT2D eigenvalue weighted by Gasteiger charge is -2.32. The van der Waals surface area contributed by atoms with Crippen LogP contribution in [0.3, 0.4) is 0 Å². The third kappa shape index (κ3) is 13.4. The van der Waals surface area contributed by atoms with Crippen LogP contribution in [0.4, 0.5) is 34.1 Å². The second-order valence-electron chi connectivity index (χ2n) is 36.7. The lowest BCUT2D eigenvalue weighted by molar-refractivity contribution is -0.438. The standard InChI is InChI=1S/C106H110N4O8S4/c1-11-17-27-59(15-5)47-65-39-43-87(119-65)93-71-55-89(61-37-41-81-75(49-61)105(7,8)91(107(81)45-19-13-3)57-73-99(115)97(100(73)116)95-83(111)51-63(52-84(95)112)109-77-33-23-21-29-67(77)69-31-25-35-79(69)109)122-104(71)94(88-44-40-66(120-88)48-60(16-6)28-18-12-2)72-56-90(121-103(72)93)62-38-42-82-76(50-62)106(9,10)92(108(82)46-20-14-4)58-74-101(117)98(102(74)118)96-85(113)53-64(54-86(96)114)110-78-34-24-22-30-68(78)70-32-26-36-80(70)110/h21-24,29-30,33-34,37-44,49-60,69-70,79-80H,11-20,25-28,31-32,35-36,45-48H2,1-10H3,(H4,111,112,113,114,115,116,117,118). The van der Waals surface area contributed by atoms with E-state index in [1.165, 1.54) is 100 Å². The molecule has 4 aliphatic heterocycles. The molecule has 16 heteroatoms. The number of phenolic OH excluding ortho intramolecular Hbond substituents is 4. The minimum absolute atomic E-state index is 0.0432. The SMILES string of the molecule is CCCCC(CC)Cc1ccc(-c2c3cc(-c4ccc5c(c4)C(C)(C)C(/C=C4/C(=O)C(c6c(O)cc(N7c8ccccc8C8CCCC87)cc6O)=C4[O-])=[N+]5CCCC)sc3c(-c3ccc(CC(CC)CCCC)s3)c3cc(-c4ccc5c(c4)C(C)(C)C(/C=C4\C(=O)C(c6c(O)cc(N7c8ccccc8C8CCCC87)cc6O)=C4[O-])=[N+]5CCCC)sc23)s1. The van der Waals surface area contributed by atoms with Crippen LogP contribution in [-0.4, -0.2) is 77.7 Å². The van der Waals surface area contributed by atoms with E-state index in [4.69, 9.17) is 0 Å². The summed E-state index contributed by atoms with van der Waals surface area (Å²) in [7, 11) is 0. The van der Waals surface area contributed by atoms with Crippen molar-refractivity contribution in [3.63, 3.8) is 0 Å². The van der Waals surface area contributed by atoms with E-state index >= 15 is 0 Å². The number of carbonyl (C=O) groups excluding carboxylic acids is 2. The number of Topliss-reactive ketones (excluding diaryl/α,β-unsaturated/α-hetero) is 2. The van der Waals surface area contributed by atoms with E-state index in [9.17, 15) is 40.2 Å². The number of benzene rings is 7. The van der Waals surface area contributed by atoms with Gasteiger partial charge >= 0.3 is 0 Å². The van der Waals surface area contributed by atoms with Crippen molar-refractivity contribution in [2.24, 2.45) is 11.8 Å². The zero-order valence-electron chi connectivity index (χ0n) is 71.9. The average molecular weight is 1700 g/mol. The molecule has 122 heavy (non-hydrogen) atoms. The molecule has 7 aromatic carbocycles. The van der Waals surface area contributed by atoms with Crippen molar-refractivity contribution in [3.05, 3.63) is 224 Å². The predicted octanol–water partition coefficient (Wildman–Crippen LogP) is 25.7. The van der Waals surface area contributed by atoms with Gasteiger partial charge < -0.3 is 40.4 Å². The van der Waals surface area contributed by atoms with E-state index in [-0.39, 0.29) is 68.5 Å². The zero-order chi connectivity index (χ0) is 84.6. The number of nitrogens with zero attached hydrogens (tertiary/aromatic N) is 4. The third-order valence-electron chi connectivity index (χ3n) is 28.6. The van der Waals surface area contributed by atoms with Gasteiger partial charge in [-0.25, -0.2) is 0 Å². The molecule has 0 saturated heterocycles. The number of hydrogen-bond donors (Lipinski definition) is 4. The van der Waals surface area contributed by atoms with E-state index in [2.05, 4.69) is 197 Å². The highest BCUT2D eigenvalue weighted by molar-refractivity contribution is 7.26. The van der Waals surface area contributed by atoms with Crippen molar-refractivity contribution >= 4 is 134 Å². The van der Waals surface area contributed by atoms with E-state index in [1.54, 1.807) is 36.4 Å². The number of para-hydroxylation sites is 2. The first-order valence-electron chi connectivity index (χ1n) is 45.1. The maximum absolute atomic E-state index is 14.7. The molecule has 0 amide bonds. The van der Waals surface area contributed by atoms with Crippen LogP contribution in [0, 0.1) is 11.8 Å². The van der Waals surface area contributed by atoms with Crippen LogP contribution >= 0.6 is 45.3 Å². The number of ketones is 2. The number of fused-ring (bicyclic) bond motifs is 10. The van der Waals surface area contributed by atoms with Crippen LogP contribution in [0.5, 0.6) is 23.0 Å². The van der Waals surface area contributed by atoms with Crippen LogP contribution in [0.1, 0.15) is 240 Å². The van der Waals surface area contributed by atoms with Crippen molar-refractivity contribution in [1.29, 1.82) is 0 Å². The van der Waals surface area contributed by atoms with Gasteiger partial charge in [0.1, 0.15) is 36.1 Å². The summed E-state index contributed by atoms with van der Waals surface area (Å²) in [6.45, 7) is 23.8. The van der Waals surface area contributed by atoms with Gasteiger partial charge in [-0.15, -0.1) is 45.3 Å². The van der Waals surface area contributed by atoms with Crippen LogP contribution in [0.15, 0.2) is 180 Å². The molecule has 626 valence electrons. The smallest absolute Gasteiger partial charge is 0.209 e. The number of anilines is 4. The summed E-state index contributed by atoms with van der Waals surface area (Å²) in [6.07, 6.45) is 25.0. The van der Waals surface area contributed by atoms with E-state index in [1.807, 2.05) is 57.5 Å². The number of aromatic hydroxyl groups is 4. The Morgan fingerprint density at radius 1 is 0.459 bits per heavy atom. The summed E-state index contributed by atoms with van der Waals surface area (Å²) in [5.74, 6) is -1.24. The molecule has 19 rings (SSSR count). The van der Waals surface area contributed by atoms with Gasteiger partial charge in [0.05, 0.1) is 22.0 Å². The van der Waals surface area contributed by atoms with E-state index < -0.39 is 33.9 Å². The number of unbranched alkanes of at least 4 members (excludes halogenated alkanes) is 4. The van der Waals surface area contributed by atoms with Crippen molar-refractivity contribution in [2.75, 3.05) is 22.9 Å². The second kappa shape index (κ2) is 32.2. The normalized spacial score (nSPS) is 20.4. The first-order valence-corrected chi connectivity index (χ1v) is 48.4. The first-order chi connectivity index (χ1) is 59.1. The number of thiophene rings is 4. The van der Waals surface area contributed by atoms with Crippen molar-refractivity contribution in [1.82, 2.24) is 0 Å². The fourth-order valence-electron chi connectivity index (χ4n) is 22.0. The van der Waals surface area contributed by atoms with Gasteiger partial charge in [-0.05, 0) is 173 Å². The zero-order valence-corrected chi connectivity index (χ0v) is 75.1. The van der Waals surface area contributed by atoms with Crippen LogP contribution in [-0.2, 0) is 33.3 Å². The molecule has 8 heterocycles. The Morgan fingerprint density at radius 3 is 1.23 bits per heavy atom. The highest BCUT2D eigenvalue weighted by Crippen LogP contribution is 2.60. The second-order valence-corrected chi connectivity index (χ2v) is 41.1. The highest BCUT2D eigenvalue weighted by Gasteiger charge is 2.50. The van der Waals surface area contributed by atoms with Gasteiger partial charge in [-0.2, -0.15) is 9.15 Å². The summed E-state index contributed by atoms with van der Waals surface area (Å²) in [6, 6.07) is 51.7. The lowest BCUT2D eigenvalue weighted by atomic mass is 9.77. The Morgan fingerprint density at radius 2 is 0.852 bits per heavy atom. The Bertz CT molecular complexity index is 5860. The quantitative estimate of drug-likeness (QED) is 0.0273. The maximum atomic E-state index is 14.7. The molecule has 8 aliphatic rings. The van der Waals surface area contributed by atoms with Crippen LogP contribution in [0.2, 0.25) is 0 Å². The molecule has 11 aromatic rings. The summed E-state index contributed by atoms with van der Waals surface area (Å²) < 4.78 is 7.08. The van der Waals surface area contributed by atoms with E-state index in [0.29, 0.717) is 48.1 Å². The Kier molecular flexibility index (Phi) is 21.5. The van der Waals surface area contributed by atoms with Gasteiger partial charge in [0.15, 0.2) is 23.0 Å². The number of hydrogen-bond acceptors (Lipinski definition) is 14. The fraction of sp³-hybridized carbons (Fsp3) is 0.377. The Labute approximate surface area is 733 Å². The van der Waals surface area contributed by atoms with Gasteiger partial charge in [-0.3, -0.25) is 9.59 Å². The van der Waals surface area contributed by atoms with Crippen LogP contribution in [0.25, 0.3) is 73.1 Å². The molecule has 2 saturated carbocycles. The van der Waals surface area contributed by atoms with Crippen LogP contribution < -0.4 is 20.0 Å². The lowest BCUT2D eigenvalue weighted by Crippen LogP contribution is -2.34. The maximum Gasteiger partial charge on any atom is 0.209 e. The summed E-state index contributed by atoms with van der Waals surface area (Å²) >= 11 is 7.61. The van der Waals surface area contributed by atoms with Crippen molar-refractivity contribution in [2.45, 2.75) is 232 Å². The molecule has 4 aliphatic carbocycles. The molecular weight excluding hydrogens is 1590 g/mol. The summed E-state index contributed by atoms with van der Waals surface area (Å²) in [4.78, 5) is 41.5. The molecule has 2 fully saturated rings. The number of carbonyl (C=O) groups is 2.